The Balaban J connectivity index is 1.26. The van der Waals surface area contributed by atoms with Gasteiger partial charge in [0.1, 0.15) is 165 Å². The molecule has 101 heavy (non-hydrogen) atoms. The number of ether oxygens (including phenoxy) is 34. The van der Waals surface area contributed by atoms with Gasteiger partial charge in [-0.15, -0.1) is 0 Å². The maximum atomic E-state index is 13.6. The van der Waals surface area contributed by atoms with E-state index in [9.17, 15) is 8.42 Å². The molecule has 0 aromatic heterocycles. The average molecular weight is 1490 g/mol. The first-order valence-electron chi connectivity index (χ1n) is 33.2. The van der Waals surface area contributed by atoms with Gasteiger partial charge in [0.25, 0.3) is 10.1 Å². The van der Waals surface area contributed by atoms with Gasteiger partial charge in [-0.25, -0.2) is 0 Å². The second kappa shape index (κ2) is 40.8. The van der Waals surface area contributed by atoms with Gasteiger partial charge in [-0.3, -0.25) is 4.18 Å². The fourth-order valence-corrected chi connectivity index (χ4v) is 15.5. The zero-order chi connectivity index (χ0) is 73.4. The van der Waals surface area contributed by atoms with E-state index in [0.29, 0.717) is 0 Å². The number of hydrogen-bond donors (Lipinski definition) is 0. The van der Waals surface area contributed by atoms with E-state index in [1.165, 1.54) is 142 Å². The summed E-state index contributed by atoms with van der Waals surface area (Å²) in [5.41, 5.74) is 0. The Bertz CT molecular complexity index is 2450. The van der Waals surface area contributed by atoms with Gasteiger partial charge in [0.2, 0.25) is 0 Å². The summed E-state index contributed by atoms with van der Waals surface area (Å²) < 4.78 is 252. The summed E-state index contributed by atoms with van der Waals surface area (Å²) in [5, 5.41) is 0. The summed E-state index contributed by atoms with van der Waals surface area (Å²) in [6.07, 6.45) is -39.3. The molecule has 0 radical (unpaired) electrons. The van der Waals surface area contributed by atoms with Gasteiger partial charge in [0.05, 0.1) is 52.5 Å². The van der Waals surface area contributed by atoms with Crippen molar-refractivity contribution in [3.8, 4) is 0 Å². The maximum absolute atomic E-state index is 13.6. The Labute approximate surface area is 591 Å². The molecule has 35 atom stereocenters. The van der Waals surface area contributed by atoms with Gasteiger partial charge in [-0.05, 0) is 0 Å². The van der Waals surface area contributed by atoms with Crippen LogP contribution in [-0.2, 0) is 175 Å². The molecule has 0 aliphatic carbocycles. The van der Waals surface area contributed by atoms with Crippen LogP contribution in [0, 0.1) is 0 Å². The molecule has 21 fully saturated rings. The summed E-state index contributed by atoms with van der Waals surface area (Å²) in [4.78, 5) is 0. The topological polar surface area (TPSA) is 357 Å². The van der Waals surface area contributed by atoms with Crippen LogP contribution in [0.15, 0.2) is 0 Å². The second-order valence-electron chi connectivity index (χ2n) is 25.1. The lowest BCUT2D eigenvalue weighted by Crippen LogP contribution is -2.69. The van der Waals surface area contributed by atoms with Gasteiger partial charge < -0.3 is 161 Å². The smallest absolute Gasteiger partial charge is 0.264 e. The zero-order valence-corrected chi connectivity index (χ0v) is 62.5. The molecule has 21 rings (SSSR count). The molecule has 38 heteroatoms. The normalized spacial score (nSPS) is 45.2. The monoisotopic (exact) mass is 1490 g/mol. The highest BCUT2D eigenvalue weighted by molar-refractivity contribution is 7.86. The summed E-state index contributed by atoms with van der Waals surface area (Å²) in [7, 11) is 24.8. The van der Waals surface area contributed by atoms with E-state index in [0.717, 1.165) is 6.26 Å². The maximum Gasteiger partial charge on any atom is 0.264 e. The number of rotatable bonds is 29. The third-order valence-electron chi connectivity index (χ3n) is 19.3. The van der Waals surface area contributed by atoms with Crippen LogP contribution in [-0.4, -0.2) is 418 Å². The lowest BCUT2D eigenvalue weighted by Gasteiger charge is -2.52. The Morgan fingerprint density at radius 2 is 0.327 bits per heavy atom. The highest BCUT2D eigenvalue weighted by Crippen LogP contribution is 2.43. The summed E-state index contributed by atoms with van der Waals surface area (Å²) in [6.45, 7) is -0.778. The summed E-state index contributed by atoms with van der Waals surface area (Å²) in [6, 6.07) is 0. The van der Waals surface area contributed by atoms with E-state index in [4.69, 9.17) is 165 Å². The minimum absolute atomic E-state index is 0.0615. The van der Waals surface area contributed by atoms with Gasteiger partial charge in [0.15, 0.2) is 50.1 Å². The Kier molecular flexibility index (Phi) is 34.4. The first-order chi connectivity index (χ1) is 48.8. The summed E-state index contributed by atoms with van der Waals surface area (Å²) in [5.74, 6) is 0. The third kappa shape index (κ3) is 19.2. The van der Waals surface area contributed by atoms with E-state index in [1.54, 1.807) is 0 Å². The second-order valence-corrected chi connectivity index (χ2v) is 26.7. The minimum atomic E-state index is -4.39. The molecule has 592 valence electrons. The lowest BCUT2D eigenvalue weighted by molar-refractivity contribution is -0.402. The van der Waals surface area contributed by atoms with E-state index >= 15 is 0 Å². The quantitative estimate of drug-likeness (QED) is 0.0720. The van der Waals surface area contributed by atoms with Crippen molar-refractivity contribution in [3.63, 3.8) is 0 Å². The molecule has 37 nitrogen and oxygen atoms in total. The molecular formula is C63H112O37S. The van der Waals surface area contributed by atoms with E-state index in [1.807, 2.05) is 0 Å². The highest BCUT2D eigenvalue weighted by atomic mass is 32.2. The molecule has 0 spiro atoms. The van der Waals surface area contributed by atoms with Crippen molar-refractivity contribution in [1.29, 1.82) is 0 Å². The van der Waals surface area contributed by atoms with Crippen LogP contribution in [0.3, 0.4) is 0 Å². The highest BCUT2D eigenvalue weighted by Gasteiger charge is 2.62. The molecular weight excluding hydrogens is 1380 g/mol. The van der Waals surface area contributed by atoms with Crippen molar-refractivity contribution >= 4 is 10.1 Å². The van der Waals surface area contributed by atoms with Crippen LogP contribution in [0.1, 0.15) is 0 Å². The molecule has 0 N–H and O–H groups in total. The molecule has 0 aromatic carbocycles. The lowest BCUT2D eigenvalue weighted by atomic mass is 9.94. The standard InChI is InChI=1S/C63H112O37S/c1-66-22-29-36-43(73-8)50(80-15)58(86-29)94-38-31(24-68-3)88-60(52(82-17)45(38)75-10)96-40-33(26-70-5)90-62(54(84-19)47(40)77-12)98-42-35(28-72-7)92-63(56(49(42)79-14)100-101(21,64)65)99-41-34(27-71-6)91-61(55(85-20)48(41)78-13)97-39-32(25-69-4)89-59(53(83-18)46(39)76-11)95-37-30(23-67-2)87-57(93-36)51(81-16)44(37)74-9/h29-63H,22-28H2,1-21H3/t29-,30-,31-,32-,33-,34-,35-,36-,37-,38-,39-,40-,41-,42-,43+,44+,45+,46+,47+,48+,49+,50-,51-,52-,53-,54-,55-,56-,57-,58-,59-,60-,61-,62-,63-/m1/s1. The van der Waals surface area contributed by atoms with Gasteiger partial charge in [-0.1, -0.05) is 0 Å². The van der Waals surface area contributed by atoms with Gasteiger partial charge in [-0.2, -0.15) is 8.42 Å². The van der Waals surface area contributed by atoms with Gasteiger partial charge >= 0.3 is 0 Å². The largest absolute Gasteiger partial charge is 0.382 e. The first-order valence-corrected chi connectivity index (χ1v) is 35.0. The number of methoxy groups -OCH3 is 20. The minimum Gasteiger partial charge on any atom is -0.382 e. The van der Waals surface area contributed by atoms with Crippen LogP contribution >= 0.6 is 0 Å². The predicted molar refractivity (Wildman–Crippen MR) is 338 cm³/mol. The van der Waals surface area contributed by atoms with Crippen molar-refractivity contribution in [2.24, 2.45) is 0 Å². The Hall–Kier alpha value is -1.45. The van der Waals surface area contributed by atoms with Crippen molar-refractivity contribution in [2.75, 3.05) is 195 Å². The van der Waals surface area contributed by atoms with Crippen LogP contribution in [0.2, 0.25) is 0 Å². The van der Waals surface area contributed by atoms with Crippen LogP contribution < -0.4 is 0 Å². The van der Waals surface area contributed by atoms with Crippen LogP contribution in [0.5, 0.6) is 0 Å². The Morgan fingerprint density at radius 1 is 0.198 bits per heavy atom. The first kappa shape index (κ1) is 85.2. The molecule has 0 amide bonds. The Morgan fingerprint density at radius 3 is 0.446 bits per heavy atom. The number of hydrogen-bond acceptors (Lipinski definition) is 37. The van der Waals surface area contributed by atoms with E-state index in [2.05, 4.69) is 0 Å². The molecule has 21 heterocycles. The van der Waals surface area contributed by atoms with Crippen molar-refractivity contribution in [3.05, 3.63) is 0 Å². The van der Waals surface area contributed by atoms with Crippen molar-refractivity contribution in [1.82, 2.24) is 0 Å². The van der Waals surface area contributed by atoms with E-state index < -0.39 is 225 Å². The third-order valence-corrected chi connectivity index (χ3v) is 19.9. The molecule has 21 aliphatic rings. The average Bonchev–Trinajstić information content (AvgIpc) is 0.776. The molecule has 0 unspecified atom stereocenters. The molecule has 21 saturated heterocycles. The van der Waals surface area contributed by atoms with Crippen molar-refractivity contribution in [2.45, 2.75) is 215 Å². The van der Waals surface area contributed by atoms with Crippen LogP contribution in [0.25, 0.3) is 0 Å². The zero-order valence-electron chi connectivity index (χ0n) is 61.7. The summed E-state index contributed by atoms with van der Waals surface area (Å²) >= 11 is 0. The predicted octanol–water partition coefficient (Wildman–Crippen LogP) is -2.16. The van der Waals surface area contributed by atoms with Crippen LogP contribution in [0.4, 0.5) is 0 Å². The molecule has 0 saturated carbocycles. The molecule has 14 bridgehead atoms. The fraction of sp³-hybridized carbons (Fsp3) is 1.00. The SMILES string of the molecule is COC[C@H]1O[C@@H]2O[C@H]3[C@H](OC)[C@@H](OC)[C@@H](O[C@H]4[C@H](OC)[C@@H](OC)[C@@H](O[C@H]5[C@H](OC)[C@@H](OC)[C@@H](O[C@H]6[C@H](OC)[C@@H](OS(C)(=O)=O)[C@@H](O[C@H]7[C@H](OC)[C@@H](OC)[C@@H](O[C@H]8[C@H](OC)[C@@H](OC)[C@@H](O[C@H]1[C@H](OC)[C@H]2OC)O[C@@H]8COC)O[C@@H]7COC)O[C@@H]6COC)O[C@@H]5COC)O[C@@H]4COC)O[C@@H]3COC. The fourth-order valence-electron chi connectivity index (χ4n) is 14.9. The molecule has 21 aliphatic heterocycles. The van der Waals surface area contributed by atoms with Gasteiger partial charge in [0, 0.05) is 142 Å². The van der Waals surface area contributed by atoms with Crippen molar-refractivity contribution < 1.29 is 174 Å². The molecule has 0 aromatic rings. The van der Waals surface area contributed by atoms with E-state index in [-0.39, 0.29) is 46.2 Å².